The Morgan fingerprint density at radius 2 is 1.96 bits per heavy atom. The molecule has 2 heterocycles. The smallest absolute Gasteiger partial charge is 0.222 e. The molecule has 4 aromatic rings. The summed E-state index contributed by atoms with van der Waals surface area (Å²) in [4.78, 5) is 9.01. The first kappa shape index (κ1) is 17.1. The van der Waals surface area contributed by atoms with Gasteiger partial charge in [0.25, 0.3) is 0 Å². The number of fused-ring (bicyclic) bond motifs is 3. The fraction of sp³-hybridized carbons (Fsp3) is 0.105. The molecule has 4 rings (SSSR count). The molecular formula is C19H14BrN5O2. The summed E-state index contributed by atoms with van der Waals surface area (Å²) in [6.45, 7) is 0. The summed E-state index contributed by atoms with van der Waals surface area (Å²) in [5, 5.41) is 12.7. The zero-order chi connectivity index (χ0) is 19.0. The van der Waals surface area contributed by atoms with Gasteiger partial charge in [-0.1, -0.05) is 15.9 Å². The maximum atomic E-state index is 9.19. The fourth-order valence-corrected chi connectivity index (χ4v) is 3.43. The van der Waals surface area contributed by atoms with Crippen molar-refractivity contribution in [2.45, 2.75) is 0 Å². The maximum Gasteiger partial charge on any atom is 0.222 e. The predicted octanol–water partition coefficient (Wildman–Crippen LogP) is 4.25. The van der Waals surface area contributed by atoms with E-state index in [1.807, 2.05) is 41.1 Å². The van der Waals surface area contributed by atoms with E-state index in [4.69, 9.17) is 9.47 Å². The molecule has 2 aromatic carbocycles. The maximum absolute atomic E-state index is 9.19. The van der Waals surface area contributed by atoms with Crippen LogP contribution >= 0.6 is 15.9 Å². The van der Waals surface area contributed by atoms with Gasteiger partial charge in [0.05, 0.1) is 37.1 Å². The van der Waals surface area contributed by atoms with Gasteiger partial charge in [-0.15, -0.1) is 0 Å². The minimum atomic E-state index is 0.380. The zero-order valence-electron chi connectivity index (χ0n) is 14.5. The third-order valence-corrected chi connectivity index (χ3v) is 4.73. The van der Waals surface area contributed by atoms with Gasteiger partial charge in [-0.05, 0) is 30.3 Å². The largest absolute Gasteiger partial charge is 0.497 e. The minimum Gasteiger partial charge on any atom is -0.497 e. The number of nitriles is 1. The van der Waals surface area contributed by atoms with Gasteiger partial charge in [0, 0.05) is 15.9 Å². The summed E-state index contributed by atoms with van der Waals surface area (Å²) in [5.74, 6) is 1.64. The molecule has 0 bridgehead atoms. The molecule has 0 atom stereocenters. The lowest BCUT2D eigenvalue weighted by molar-refractivity contribution is 0.393. The Morgan fingerprint density at radius 1 is 1.11 bits per heavy atom. The van der Waals surface area contributed by atoms with Crippen LogP contribution in [-0.2, 0) is 0 Å². The fourth-order valence-electron chi connectivity index (χ4n) is 3.07. The van der Waals surface area contributed by atoms with Crippen LogP contribution in [0.2, 0.25) is 0 Å². The van der Waals surface area contributed by atoms with E-state index >= 15 is 0 Å². The number of methoxy groups -OCH3 is 2. The molecule has 1 N–H and O–H groups in total. The van der Waals surface area contributed by atoms with Crippen LogP contribution in [0.25, 0.3) is 27.6 Å². The Morgan fingerprint density at radius 3 is 2.70 bits per heavy atom. The lowest BCUT2D eigenvalue weighted by atomic mass is 10.2. The van der Waals surface area contributed by atoms with Crippen LogP contribution in [0, 0.1) is 11.5 Å². The van der Waals surface area contributed by atoms with Crippen molar-refractivity contribution in [1.82, 2.24) is 14.5 Å². The van der Waals surface area contributed by atoms with Crippen LogP contribution in [0.15, 0.2) is 47.1 Å². The lowest BCUT2D eigenvalue weighted by Gasteiger charge is -2.14. The van der Waals surface area contributed by atoms with Crippen molar-refractivity contribution in [3.8, 4) is 23.4 Å². The molecule has 8 heteroatoms. The van der Waals surface area contributed by atoms with Gasteiger partial charge in [-0.2, -0.15) is 5.26 Å². The molecule has 0 saturated heterocycles. The quantitative estimate of drug-likeness (QED) is 0.390. The number of nitrogens with one attached hydrogen (secondary N) is 1. The highest BCUT2D eigenvalue weighted by Gasteiger charge is 2.19. The number of hydrogen-bond donors (Lipinski definition) is 1. The summed E-state index contributed by atoms with van der Waals surface area (Å²) < 4.78 is 13.6. The Bertz CT molecular complexity index is 1210. The first-order chi connectivity index (χ1) is 13.2. The molecule has 27 heavy (non-hydrogen) atoms. The standard InChI is InChI=1S/C19H14BrN5O2/c1-26-12-4-6-16(17(8-12)27-2)25-18-13-7-11(20)3-5-14(13)22-9-15(18)24-19(25)23-10-21/h3-9H,1-2H3,(H,23,24). The normalized spacial score (nSPS) is 10.7. The number of hydrogen-bond acceptors (Lipinski definition) is 6. The van der Waals surface area contributed by atoms with Crippen LogP contribution in [0.4, 0.5) is 5.95 Å². The molecule has 0 unspecified atom stereocenters. The summed E-state index contributed by atoms with van der Waals surface area (Å²) in [5.41, 5.74) is 3.03. The second-order valence-electron chi connectivity index (χ2n) is 5.70. The van der Waals surface area contributed by atoms with Gasteiger partial charge in [-0.3, -0.25) is 14.9 Å². The number of benzene rings is 2. The third kappa shape index (κ3) is 2.82. The van der Waals surface area contributed by atoms with Gasteiger partial charge in [0.1, 0.15) is 17.0 Å². The monoisotopic (exact) mass is 423 g/mol. The van der Waals surface area contributed by atoms with Crippen molar-refractivity contribution >= 4 is 43.8 Å². The van der Waals surface area contributed by atoms with E-state index in [2.05, 4.69) is 31.2 Å². The zero-order valence-corrected chi connectivity index (χ0v) is 16.1. The van der Waals surface area contributed by atoms with E-state index in [-0.39, 0.29) is 0 Å². The van der Waals surface area contributed by atoms with Crippen molar-refractivity contribution in [2.24, 2.45) is 0 Å². The molecule has 134 valence electrons. The highest BCUT2D eigenvalue weighted by Crippen LogP contribution is 2.36. The van der Waals surface area contributed by atoms with Crippen molar-refractivity contribution in [2.75, 3.05) is 19.5 Å². The van der Waals surface area contributed by atoms with Gasteiger partial charge in [0.15, 0.2) is 6.19 Å². The Balaban J connectivity index is 2.14. The van der Waals surface area contributed by atoms with Gasteiger partial charge in [-0.25, -0.2) is 4.98 Å². The SMILES string of the molecule is COc1ccc(-n2c(NC#N)nc3cnc4ccc(Br)cc4c32)c(OC)c1. The van der Waals surface area contributed by atoms with E-state index in [1.165, 1.54) is 0 Å². The minimum absolute atomic E-state index is 0.380. The number of nitrogens with zero attached hydrogens (tertiary/aromatic N) is 4. The first-order valence-corrected chi connectivity index (χ1v) is 8.79. The van der Waals surface area contributed by atoms with E-state index in [0.29, 0.717) is 23.0 Å². The number of ether oxygens (including phenoxy) is 2. The number of pyridine rings is 1. The Labute approximate surface area is 163 Å². The van der Waals surface area contributed by atoms with Gasteiger partial charge >= 0.3 is 0 Å². The number of halogens is 1. The number of rotatable bonds is 4. The second kappa shape index (κ2) is 6.78. The van der Waals surface area contributed by atoms with Crippen LogP contribution in [0.5, 0.6) is 11.5 Å². The molecule has 0 amide bonds. The summed E-state index contributed by atoms with van der Waals surface area (Å²) in [6, 6.07) is 11.3. The molecule has 0 aliphatic rings. The van der Waals surface area contributed by atoms with Gasteiger partial charge in [0.2, 0.25) is 5.95 Å². The predicted molar refractivity (Wildman–Crippen MR) is 106 cm³/mol. The topological polar surface area (TPSA) is 85.0 Å². The average molecular weight is 424 g/mol. The number of imidazole rings is 1. The van der Waals surface area contributed by atoms with Crippen LogP contribution in [-0.4, -0.2) is 28.8 Å². The molecule has 0 aliphatic carbocycles. The molecule has 0 spiro atoms. The van der Waals surface area contributed by atoms with Crippen molar-refractivity contribution in [1.29, 1.82) is 5.26 Å². The number of anilines is 1. The molecule has 0 fully saturated rings. The second-order valence-corrected chi connectivity index (χ2v) is 6.61. The highest BCUT2D eigenvalue weighted by molar-refractivity contribution is 9.10. The van der Waals surface area contributed by atoms with E-state index < -0.39 is 0 Å². The average Bonchev–Trinajstić information content (AvgIpc) is 3.06. The molecular weight excluding hydrogens is 410 g/mol. The first-order valence-electron chi connectivity index (χ1n) is 8.00. The van der Waals surface area contributed by atoms with Crippen LogP contribution < -0.4 is 14.8 Å². The summed E-state index contributed by atoms with van der Waals surface area (Å²) in [6.07, 6.45) is 3.64. The van der Waals surface area contributed by atoms with E-state index in [0.717, 1.165) is 26.6 Å². The Hall–Kier alpha value is -3.31. The van der Waals surface area contributed by atoms with Crippen molar-refractivity contribution < 1.29 is 9.47 Å². The van der Waals surface area contributed by atoms with E-state index in [9.17, 15) is 5.26 Å². The van der Waals surface area contributed by atoms with Crippen LogP contribution in [0.3, 0.4) is 0 Å². The molecule has 0 aliphatic heterocycles. The Kier molecular flexibility index (Phi) is 4.30. The van der Waals surface area contributed by atoms with E-state index in [1.54, 1.807) is 26.5 Å². The highest BCUT2D eigenvalue weighted by atomic mass is 79.9. The number of aromatic nitrogens is 3. The van der Waals surface area contributed by atoms with Crippen LogP contribution in [0.1, 0.15) is 0 Å². The molecule has 7 nitrogen and oxygen atoms in total. The van der Waals surface area contributed by atoms with Crippen molar-refractivity contribution in [3.63, 3.8) is 0 Å². The molecule has 2 aromatic heterocycles. The summed E-state index contributed by atoms with van der Waals surface area (Å²) in [7, 11) is 3.19. The lowest BCUT2D eigenvalue weighted by Crippen LogP contribution is -2.04. The summed E-state index contributed by atoms with van der Waals surface area (Å²) >= 11 is 3.52. The molecule has 0 saturated carbocycles. The van der Waals surface area contributed by atoms with Crippen molar-refractivity contribution in [3.05, 3.63) is 47.1 Å². The third-order valence-electron chi connectivity index (χ3n) is 4.24. The van der Waals surface area contributed by atoms with Gasteiger partial charge < -0.3 is 9.47 Å². The molecule has 0 radical (unpaired) electrons.